The Morgan fingerprint density at radius 3 is 2.38 bits per heavy atom. The maximum atomic E-state index is 12.1. The lowest BCUT2D eigenvalue weighted by molar-refractivity contribution is -0.114. The second-order valence-electron chi connectivity index (χ2n) is 6.01. The Balaban J connectivity index is 2.23. The molecule has 29 heavy (non-hydrogen) atoms. The summed E-state index contributed by atoms with van der Waals surface area (Å²) in [6, 6.07) is 12.5. The highest BCUT2D eigenvalue weighted by Crippen LogP contribution is 2.40. The van der Waals surface area contributed by atoms with Crippen LogP contribution in [0.4, 0.5) is 17.1 Å². The zero-order chi connectivity index (χ0) is 21.3. The molecule has 3 aromatic carbocycles. The van der Waals surface area contributed by atoms with Crippen molar-refractivity contribution in [3.63, 3.8) is 0 Å². The second kappa shape index (κ2) is 7.79. The summed E-state index contributed by atoms with van der Waals surface area (Å²) in [6.45, 7) is 1.29. The Morgan fingerprint density at radius 2 is 1.76 bits per heavy atom. The van der Waals surface area contributed by atoms with Crippen molar-refractivity contribution in [3.8, 4) is 5.75 Å². The van der Waals surface area contributed by atoms with Gasteiger partial charge in [-0.2, -0.15) is 8.42 Å². The molecule has 0 spiro atoms. The maximum absolute atomic E-state index is 12.1. The monoisotopic (exact) mass is 436 g/mol. The zero-order valence-corrected chi connectivity index (χ0v) is 16.6. The van der Waals surface area contributed by atoms with E-state index < -0.39 is 26.3 Å². The number of anilines is 3. The van der Waals surface area contributed by atoms with Gasteiger partial charge in [-0.3, -0.25) is 13.9 Å². The number of hydrogen-bond acceptors (Lipinski definition) is 5. The van der Waals surface area contributed by atoms with Crippen molar-refractivity contribution < 1.29 is 31.6 Å². The van der Waals surface area contributed by atoms with E-state index in [4.69, 9.17) is 0 Å². The summed E-state index contributed by atoms with van der Waals surface area (Å²) < 4.78 is 55.0. The second-order valence-corrected chi connectivity index (χ2v) is 8.26. The number of benzene rings is 3. The summed E-state index contributed by atoms with van der Waals surface area (Å²) in [5.41, 5.74) is 0.395. The molecule has 1 atom stereocenters. The lowest BCUT2D eigenvalue weighted by Crippen LogP contribution is -2.20. The molecule has 3 rings (SSSR count). The first-order chi connectivity index (χ1) is 13.6. The Morgan fingerprint density at radius 1 is 1.07 bits per heavy atom. The largest absolute Gasteiger partial charge is 0.505 e. The molecule has 152 valence electrons. The molecule has 11 heteroatoms. The third-order valence-electron chi connectivity index (χ3n) is 4.05. The first kappa shape index (κ1) is 20.7. The van der Waals surface area contributed by atoms with Gasteiger partial charge < -0.3 is 10.4 Å². The van der Waals surface area contributed by atoms with Crippen molar-refractivity contribution >= 4 is 55.1 Å². The smallest absolute Gasteiger partial charge is 0.294 e. The van der Waals surface area contributed by atoms with Gasteiger partial charge in [0.1, 0.15) is 5.75 Å². The number of hydrogen-bond donors (Lipinski definition) is 4. The van der Waals surface area contributed by atoms with Crippen molar-refractivity contribution in [3.05, 3.63) is 54.6 Å². The van der Waals surface area contributed by atoms with E-state index in [2.05, 4.69) is 5.32 Å². The molecule has 0 fully saturated rings. The molecule has 0 bridgehead atoms. The fourth-order valence-corrected chi connectivity index (χ4v) is 4.02. The topological polar surface area (TPSA) is 144 Å². The molecule has 0 aliphatic heterocycles. The van der Waals surface area contributed by atoms with Gasteiger partial charge in [0.25, 0.3) is 21.4 Å². The number of aromatic hydroxyl groups is 1. The van der Waals surface area contributed by atoms with Crippen LogP contribution >= 0.6 is 0 Å². The van der Waals surface area contributed by atoms with Crippen molar-refractivity contribution in [2.45, 2.75) is 11.8 Å². The average molecular weight is 436 g/mol. The van der Waals surface area contributed by atoms with Crippen LogP contribution in [0.5, 0.6) is 5.75 Å². The average Bonchev–Trinajstić information content (AvgIpc) is 2.63. The quantitative estimate of drug-likeness (QED) is 0.273. The van der Waals surface area contributed by atoms with Crippen LogP contribution < -0.4 is 9.62 Å². The standard InChI is InChI=1S/C18H16N2O7S2/c1-11(21)19-16-9-8-14-15(18(16)22)6-3-7-17(14)20(28(23)24)12-4-2-5-13(10-12)29(25,26)27/h2-10,22H,1H3,(H,19,21)(H,23,24)(H,25,26,27). The number of phenolic OH excluding ortho intramolecular Hbond substituents is 1. The molecule has 1 amide bonds. The number of fused-ring (bicyclic) bond motifs is 1. The molecule has 0 aliphatic carbocycles. The van der Waals surface area contributed by atoms with E-state index >= 15 is 0 Å². The van der Waals surface area contributed by atoms with Gasteiger partial charge in [0.05, 0.1) is 22.0 Å². The minimum absolute atomic E-state index is 0.0267. The van der Waals surface area contributed by atoms with Crippen LogP contribution in [0.3, 0.4) is 0 Å². The summed E-state index contributed by atoms with van der Waals surface area (Å²) >= 11 is -2.61. The fourth-order valence-electron chi connectivity index (χ4n) is 2.88. The van der Waals surface area contributed by atoms with Gasteiger partial charge in [-0.15, -0.1) is 0 Å². The number of phenols is 1. The summed E-state index contributed by atoms with van der Waals surface area (Å²) in [6.07, 6.45) is 0. The third-order valence-corrected chi connectivity index (χ3v) is 5.62. The van der Waals surface area contributed by atoms with Gasteiger partial charge in [-0.25, -0.2) is 8.51 Å². The third kappa shape index (κ3) is 4.22. The van der Waals surface area contributed by atoms with Gasteiger partial charge in [0, 0.05) is 17.7 Å². The van der Waals surface area contributed by atoms with E-state index in [1.807, 2.05) is 0 Å². The van der Waals surface area contributed by atoms with Gasteiger partial charge in [-0.05, 0) is 36.4 Å². The molecule has 9 nitrogen and oxygen atoms in total. The van der Waals surface area contributed by atoms with Gasteiger partial charge in [-0.1, -0.05) is 18.2 Å². The van der Waals surface area contributed by atoms with Crippen molar-refractivity contribution in [1.29, 1.82) is 0 Å². The van der Waals surface area contributed by atoms with Gasteiger partial charge >= 0.3 is 0 Å². The highest BCUT2D eigenvalue weighted by atomic mass is 32.2. The van der Waals surface area contributed by atoms with E-state index in [0.29, 0.717) is 10.8 Å². The van der Waals surface area contributed by atoms with Crippen LogP contribution in [-0.2, 0) is 26.2 Å². The molecule has 0 radical (unpaired) electrons. The molecule has 4 N–H and O–H groups in total. The molecule has 0 saturated heterocycles. The predicted octanol–water partition coefficient (Wildman–Crippen LogP) is 3.03. The number of amides is 1. The lowest BCUT2D eigenvalue weighted by Gasteiger charge is -2.22. The predicted molar refractivity (Wildman–Crippen MR) is 109 cm³/mol. The summed E-state index contributed by atoms with van der Waals surface area (Å²) in [7, 11) is -4.52. The van der Waals surface area contributed by atoms with Crippen molar-refractivity contribution in [2.75, 3.05) is 9.62 Å². The lowest BCUT2D eigenvalue weighted by atomic mass is 10.1. The molecule has 1 unspecified atom stereocenters. The number of nitrogens with one attached hydrogen (secondary N) is 1. The number of rotatable bonds is 5. The minimum Gasteiger partial charge on any atom is -0.505 e. The van der Waals surface area contributed by atoms with Crippen LogP contribution in [0.1, 0.15) is 6.92 Å². The van der Waals surface area contributed by atoms with E-state index in [-0.39, 0.29) is 28.7 Å². The Bertz CT molecular complexity index is 1240. The van der Waals surface area contributed by atoms with Gasteiger partial charge in [0.2, 0.25) is 5.91 Å². The van der Waals surface area contributed by atoms with Crippen LogP contribution in [0.15, 0.2) is 59.5 Å². The summed E-state index contributed by atoms with van der Waals surface area (Å²) in [5, 5.41) is 13.6. The SMILES string of the molecule is CC(=O)Nc1ccc2c(N(c3cccc(S(=O)(=O)O)c3)S(=O)O)cccc2c1O. The molecule has 0 heterocycles. The number of carbonyl (C=O) groups is 1. The highest BCUT2D eigenvalue weighted by Gasteiger charge is 2.21. The van der Waals surface area contributed by atoms with Gasteiger partial charge in [0.15, 0.2) is 0 Å². The Kier molecular flexibility index (Phi) is 5.57. The normalized spacial score (nSPS) is 12.5. The van der Waals surface area contributed by atoms with Crippen LogP contribution in [0, 0.1) is 0 Å². The molecule has 3 aromatic rings. The first-order valence-corrected chi connectivity index (χ1v) is 10.6. The molecular formula is C18H16N2O7S2. The fraction of sp³-hybridized carbons (Fsp3) is 0.0556. The van der Waals surface area contributed by atoms with Crippen LogP contribution in [0.25, 0.3) is 10.8 Å². The maximum Gasteiger partial charge on any atom is 0.294 e. The Labute approximate surface area is 168 Å². The zero-order valence-electron chi connectivity index (χ0n) is 14.9. The van der Waals surface area contributed by atoms with E-state index in [1.165, 1.54) is 37.3 Å². The van der Waals surface area contributed by atoms with E-state index in [9.17, 15) is 31.6 Å². The van der Waals surface area contributed by atoms with Crippen LogP contribution in [-0.4, -0.2) is 32.7 Å². The first-order valence-electron chi connectivity index (χ1n) is 8.10. The number of nitrogens with zero attached hydrogens (tertiary/aromatic N) is 1. The summed E-state index contributed by atoms with van der Waals surface area (Å²) in [5.74, 6) is -0.606. The van der Waals surface area contributed by atoms with Crippen LogP contribution in [0.2, 0.25) is 0 Å². The van der Waals surface area contributed by atoms with E-state index in [0.717, 1.165) is 16.4 Å². The molecular weight excluding hydrogens is 420 g/mol. The molecule has 0 saturated carbocycles. The number of carbonyl (C=O) groups excluding carboxylic acids is 1. The van der Waals surface area contributed by atoms with Crippen molar-refractivity contribution in [1.82, 2.24) is 0 Å². The Hall–Kier alpha value is -2.99. The summed E-state index contributed by atoms with van der Waals surface area (Å²) in [4.78, 5) is 10.8. The van der Waals surface area contributed by atoms with E-state index in [1.54, 1.807) is 12.1 Å². The highest BCUT2D eigenvalue weighted by molar-refractivity contribution is 7.85. The molecule has 0 aliphatic rings. The minimum atomic E-state index is -4.52. The molecule has 0 aromatic heterocycles. The van der Waals surface area contributed by atoms with Crippen molar-refractivity contribution in [2.24, 2.45) is 0 Å².